The summed E-state index contributed by atoms with van der Waals surface area (Å²) in [7, 11) is 0. The van der Waals surface area contributed by atoms with Crippen LogP contribution in [0.1, 0.15) is 22.8 Å². The van der Waals surface area contributed by atoms with Gasteiger partial charge in [0.25, 0.3) is 5.91 Å². The van der Waals surface area contributed by atoms with E-state index in [1.54, 1.807) is 18.2 Å². The number of Topliss-reactive ketones (excluding diaryl/α,β-unsaturated/α-hetero) is 1. The standard InChI is InChI=1S/C20H20ClNO4S/c1-13(23)18(10-14-6-4-3-5-7-14)22-19(24)12-26-20(25)16-11-15(27-2)8-9-17(16)21/h3-9,11,18H,10,12H2,1-2H3,(H,22,24)/t18-/m0/s1. The lowest BCUT2D eigenvalue weighted by molar-refractivity contribution is -0.128. The van der Waals surface area contributed by atoms with Gasteiger partial charge in [0.1, 0.15) is 0 Å². The first kappa shape index (κ1) is 21.0. The number of thioether (sulfide) groups is 1. The third-order valence-electron chi connectivity index (χ3n) is 3.84. The van der Waals surface area contributed by atoms with Crippen molar-refractivity contribution in [3.05, 3.63) is 64.7 Å². The van der Waals surface area contributed by atoms with E-state index in [0.29, 0.717) is 6.42 Å². The van der Waals surface area contributed by atoms with E-state index in [9.17, 15) is 14.4 Å². The molecule has 0 saturated carbocycles. The summed E-state index contributed by atoms with van der Waals surface area (Å²) in [5.74, 6) is -1.40. The maximum atomic E-state index is 12.2. The highest BCUT2D eigenvalue weighted by atomic mass is 35.5. The van der Waals surface area contributed by atoms with Crippen LogP contribution in [0.25, 0.3) is 0 Å². The zero-order valence-corrected chi connectivity index (χ0v) is 16.6. The predicted molar refractivity (Wildman–Crippen MR) is 106 cm³/mol. The number of esters is 1. The molecule has 142 valence electrons. The second-order valence-electron chi connectivity index (χ2n) is 5.84. The Kier molecular flexibility index (Phi) is 7.88. The van der Waals surface area contributed by atoms with E-state index in [1.807, 2.05) is 36.6 Å². The van der Waals surface area contributed by atoms with Crippen LogP contribution < -0.4 is 5.32 Å². The van der Waals surface area contributed by atoms with Gasteiger partial charge in [-0.05, 0) is 43.4 Å². The molecule has 0 aliphatic carbocycles. The Balaban J connectivity index is 1.94. The van der Waals surface area contributed by atoms with Crippen LogP contribution >= 0.6 is 23.4 Å². The van der Waals surface area contributed by atoms with E-state index in [1.165, 1.54) is 18.7 Å². The fraction of sp³-hybridized carbons (Fsp3) is 0.250. The lowest BCUT2D eigenvalue weighted by Gasteiger charge is -2.16. The van der Waals surface area contributed by atoms with Gasteiger partial charge in [0, 0.05) is 4.90 Å². The Morgan fingerprint density at radius 1 is 1.15 bits per heavy atom. The monoisotopic (exact) mass is 405 g/mol. The molecule has 2 aromatic rings. The van der Waals surface area contributed by atoms with Crippen molar-refractivity contribution in [1.82, 2.24) is 5.32 Å². The zero-order valence-electron chi connectivity index (χ0n) is 15.0. The third kappa shape index (κ3) is 6.41. The number of rotatable bonds is 8. The van der Waals surface area contributed by atoms with E-state index < -0.39 is 24.5 Å². The van der Waals surface area contributed by atoms with Crippen molar-refractivity contribution in [3.63, 3.8) is 0 Å². The number of benzene rings is 2. The molecule has 7 heteroatoms. The minimum absolute atomic E-state index is 0.172. The largest absolute Gasteiger partial charge is 0.452 e. The fourth-order valence-corrected chi connectivity index (χ4v) is 3.01. The van der Waals surface area contributed by atoms with Crippen LogP contribution in [0, 0.1) is 0 Å². The average Bonchev–Trinajstić information content (AvgIpc) is 2.66. The fourth-order valence-electron chi connectivity index (χ4n) is 2.38. The summed E-state index contributed by atoms with van der Waals surface area (Å²) < 4.78 is 5.05. The van der Waals surface area contributed by atoms with Crippen LogP contribution in [-0.4, -0.2) is 36.6 Å². The molecule has 1 N–H and O–H groups in total. The summed E-state index contributed by atoms with van der Waals surface area (Å²) in [6.07, 6.45) is 2.25. The smallest absolute Gasteiger partial charge is 0.340 e. The van der Waals surface area contributed by atoms with Crippen LogP contribution in [0.5, 0.6) is 0 Å². The normalized spacial score (nSPS) is 11.5. The number of carbonyl (C=O) groups excluding carboxylic acids is 3. The summed E-state index contributed by atoms with van der Waals surface area (Å²) in [5.41, 5.74) is 1.12. The summed E-state index contributed by atoms with van der Waals surface area (Å²) in [6, 6.07) is 13.7. The van der Waals surface area contributed by atoms with Crippen molar-refractivity contribution in [2.45, 2.75) is 24.3 Å². The van der Waals surface area contributed by atoms with E-state index in [-0.39, 0.29) is 16.4 Å². The molecule has 0 heterocycles. The molecule has 2 rings (SSSR count). The van der Waals surface area contributed by atoms with E-state index >= 15 is 0 Å². The molecule has 0 spiro atoms. The second-order valence-corrected chi connectivity index (χ2v) is 7.13. The van der Waals surface area contributed by atoms with Gasteiger partial charge in [0.15, 0.2) is 12.4 Å². The van der Waals surface area contributed by atoms with Gasteiger partial charge in [0.2, 0.25) is 0 Å². The second kappa shape index (κ2) is 10.1. The average molecular weight is 406 g/mol. The highest BCUT2D eigenvalue weighted by Crippen LogP contribution is 2.23. The Labute approximate surface area is 167 Å². The van der Waals surface area contributed by atoms with Gasteiger partial charge in [-0.25, -0.2) is 4.79 Å². The van der Waals surface area contributed by atoms with Gasteiger partial charge in [-0.2, -0.15) is 0 Å². The lowest BCUT2D eigenvalue weighted by Crippen LogP contribution is -2.43. The van der Waals surface area contributed by atoms with Crippen molar-refractivity contribution in [3.8, 4) is 0 Å². The maximum absolute atomic E-state index is 12.2. The van der Waals surface area contributed by atoms with E-state index in [4.69, 9.17) is 16.3 Å². The number of hydrogen-bond donors (Lipinski definition) is 1. The highest BCUT2D eigenvalue weighted by Gasteiger charge is 2.19. The number of ether oxygens (including phenoxy) is 1. The summed E-state index contributed by atoms with van der Waals surface area (Å²) in [5, 5.41) is 2.86. The topological polar surface area (TPSA) is 72.5 Å². The molecule has 1 amide bonds. The van der Waals surface area contributed by atoms with Gasteiger partial charge in [-0.1, -0.05) is 41.9 Å². The first-order chi connectivity index (χ1) is 12.9. The van der Waals surface area contributed by atoms with Gasteiger partial charge < -0.3 is 10.1 Å². The van der Waals surface area contributed by atoms with Crippen LogP contribution in [0.4, 0.5) is 0 Å². The lowest BCUT2D eigenvalue weighted by atomic mass is 10.0. The molecule has 0 bridgehead atoms. The molecule has 0 aromatic heterocycles. The van der Waals surface area contributed by atoms with Crippen molar-refractivity contribution >= 4 is 41.0 Å². The van der Waals surface area contributed by atoms with Gasteiger partial charge in [0.05, 0.1) is 16.6 Å². The van der Waals surface area contributed by atoms with Crippen LogP contribution in [0.3, 0.4) is 0 Å². The number of amides is 1. The summed E-state index contributed by atoms with van der Waals surface area (Å²) in [4.78, 5) is 37.0. The molecule has 0 aliphatic rings. The van der Waals surface area contributed by atoms with Crippen LogP contribution in [-0.2, 0) is 20.7 Å². The summed E-state index contributed by atoms with van der Waals surface area (Å²) in [6.45, 7) is 0.921. The first-order valence-electron chi connectivity index (χ1n) is 8.25. The third-order valence-corrected chi connectivity index (χ3v) is 4.89. The molecule has 5 nitrogen and oxygen atoms in total. The van der Waals surface area contributed by atoms with Crippen LogP contribution in [0.15, 0.2) is 53.4 Å². The van der Waals surface area contributed by atoms with E-state index in [0.717, 1.165) is 10.5 Å². The van der Waals surface area contributed by atoms with E-state index in [2.05, 4.69) is 5.32 Å². The van der Waals surface area contributed by atoms with Crippen molar-refractivity contribution in [1.29, 1.82) is 0 Å². The Hall–Kier alpha value is -2.31. The Morgan fingerprint density at radius 3 is 2.48 bits per heavy atom. The SMILES string of the molecule is CSc1ccc(Cl)c(C(=O)OCC(=O)N[C@@H](Cc2ccccc2)C(C)=O)c1. The Bertz CT molecular complexity index is 826. The first-order valence-corrected chi connectivity index (χ1v) is 9.85. The minimum atomic E-state index is -0.687. The molecule has 0 aliphatic heterocycles. The number of nitrogens with one attached hydrogen (secondary N) is 1. The summed E-state index contributed by atoms with van der Waals surface area (Å²) >= 11 is 7.49. The number of hydrogen-bond acceptors (Lipinski definition) is 5. The molecular formula is C20H20ClNO4S. The number of halogens is 1. The molecular weight excluding hydrogens is 386 g/mol. The number of carbonyl (C=O) groups is 3. The molecule has 1 atom stereocenters. The molecule has 0 unspecified atom stereocenters. The molecule has 0 saturated heterocycles. The van der Waals surface area contributed by atoms with Gasteiger partial charge >= 0.3 is 5.97 Å². The predicted octanol–water partition coefficient (Wildman–Crippen LogP) is 3.54. The minimum Gasteiger partial charge on any atom is -0.452 e. The van der Waals surface area contributed by atoms with Crippen molar-refractivity contribution in [2.75, 3.05) is 12.9 Å². The quantitative estimate of drug-likeness (QED) is 0.537. The molecule has 0 radical (unpaired) electrons. The number of ketones is 1. The molecule has 27 heavy (non-hydrogen) atoms. The van der Waals surface area contributed by atoms with Gasteiger partial charge in [-0.3, -0.25) is 9.59 Å². The maximum Gasteiger partial charge on any atom is 0.340 e. The highest BCUT2D eigenvalue weighted by molar-refractivity contribution is 7.98. The van der Waals surface area contributed by atoms with Crippen LogP contribution in [0.2, 0.25) is 5.02 Å². The van der Waals surface area contributed by atoms with Crippen molar-refractivity contribution in [2.24, 2.45) is 0 Å². The zero-order chi connectivity index (χ0) is 19.8. The molecule has 2 aromatic carbocycles. The molecule has 0 fully saturated rings. The Morgan fingerprint density at radius 2 is 1.85 bits per heavy atom. The van der Waals surface area contributed by atoms with Gasteiger partial charge in [-0.15, -0.1) is 11.8 Å². The van der Waals surface area contributed by atoms with Crippen molar-refractivity contribution < 1.29 is 19.1 Å².